The summed E-state index contributed by atoms with van der Waals surface area (Å²) in [7, 11) is 0. The van der Waals surface area contributed by atoms with Crippen molar-refractivity contribution in [1.29, 1.82) is 0 Å². The molecule has 104 valence electrons. The van der Waals surface area contributed by atoms with Crippen molar-refractivity contribution in [1.82, 2.24) is 10.2 Å². The molecular formula is C15H28N2O. The molecule has 1 saturated heterocycles. The van der Waals surface area contributed by atoms with Crippen LogP contribution in [0.2, 0.25) is 0 Å². The molecule has 0 aromatic carbocycles. The van der Waals surface area contributed by atoms with Crippen LogP contribution in [-0.4, -0.2) is 29.6 Å². The lowest BCUT2D eigenvalue weighted by molar-refractivity contribution is -0.130. The minimum Gasteiger partial charge on any atom is -0.326 e. The highest BCUT2D eigenvalue weighted by atomic mass is 16.2. The molecule has 1 aliphatic heterocycles. The monoisotopic (exact) mass is 252 g/mol. The molecule has 1 heterocycles. The standard InChI is InChI=1S/C15H28N2O/c1-4-12-6-8-13(9-7-12)10-17-14(5-2)16-11(3)15(17)18/h11-14,16H,4-10H2,1-3H3. The number of carbonyl (C=O) groups excluding carboxylic acids is 1. The van der Waals surface area contributed by atoms with E-state index in [4.69, 9.17) is 0 Å². The van der Waals surface area contributed by atoms with Crippen molar-refractivity contribution in [2.24, 2.45) is 11.8 Å². The second-order valence-corrected chi connectivity index (χ2v) is 6.10. The molecular weight excluding hydrogens is 224 g/mol. The fourth-order valence-electron chi connectivity index (χ4n) is 3.51. The van der Waals surface area contributed by atoms with Gasteiger partial charge in [0.05, 0.1) is 12.2 Å². The van der Waals surface area contributed by atoms with Gasteiger partial charge in [0, 0.05) is 6.54 Å². The Labute approximate surface area is 111 Å². The minimum absolute atomic E-state index is 0.0157. The number of carbonyl (C=O) groups is 1. The molecule has 2 atom stereocenters. The molecule has 1 aliphatic carbocycles. The summed E-state index contributed by atoms with van der Waals surface area (Å²) in [5.74, 6) is 1.98. The minimum atomic E-state index is 0.0157. The smallest absolute Gasteiger partial charge is 0.240 e. The van der Waals surface area contributed by atoms with Crippen molar-refractivity contribution in [2.45, 2.75) is 71.5 Å². The van der Waals surface area contributed by atoms with E-state index in [-0.39, 0.29) is 12.2 Å². The van der Waals surface area contributed by atoms with Crippen molar-refractivity contribution >= 4 is 5.91 Å². The highest BCUT2D eigenvalue weighted by Crippen LogP contribution is 2.32. The quantitative estimate of drug-likeness (QED) is 0.834. The van der Waals surface area contributed by atoms with Crippen molar-refractivity contribution in [3.8, 4) is 0 Å². The molecule has 3 nitrogen and oxygen atoms in total. The lowest BCUT2D eigenvalue weighted by atomic mass is 9.80. The van der Waals surface area contributed by atoms with Gasteiger partial charge in [-0.05, 0) is 38.0 Å². The van der Waals surface area contributed by atoms with E-state index in [9.17, 15) is 4.79 Å². The first-order chi connectivity index (χ1) is 8.65. The molecule has 1 N–H and O–H groups in total. The average Bonchev–Trinajstić information content (AvgIpc) is 2.67. The molecule has 2 rings (SSSR count). The maximum Gasteiger partial charge on any atom is 0.240 e. The van der Waals surface area contributed by atoms with Gasteiger partial charge >= 0.3 is 0 Å². The van der Waals surface area contributed by atoms with E-state index in [0.29, 0.717) is 5.91 Å². The Morgan fingerprint density at radius 1 is 1.11 bits per heavy atom. The van der Waals surface area contributed by atoms with Crippen molar-refractivity contribution < 1.29 is 4.79 Å². The molecule has 2 aliphatic rings. The van der Waals surface area contributed by atoms with Gasteiger partial charge in [0.25, 0.3) is 0 Å². The third kappa shape index (κ3) is 2.87. The van der Waals surface area contributed by atoms with Crippen LogP contribution in [0.1, 0.15) is 59.3 Å². The second-order valence-electron chi connectivity index (χ2n) is 6.10. The zero-order chi connectivity index (χ0) is 13.1. The number of hydrogen-bond donors (Lipinski definition) is 1. The largest absolute Gasteiger partial charge is 0.326 e. The highest BCUT2D eigenvalue weighted by Gasteiger charge is 2.36. The van der Waals surface area contributed by atoms with E-state index in [1.165, 1.54) is 32.1 Å². The van der Waals surface area contributed by atoms with Crippen LogP contribution in [0.4, 0.5) is 0 Å². The van der Waals surface area contributed by atoms with Crippen molar-refractivity contribution in [2.75, 3.05) is 6.54 Å². The second kappa shape index (κ2) is 6.05. The van der Waals surface area contributed by atoms with E-state index >= 15 is 0 Å². The Kier molecular flexibility index (Phi) is 4.66. The third-order valence-electron chi connectivity index (χ3n) is 4.86. The summed E-state index contributed by atoms with van der Waals surface area (Å²) in [4.78, 5) is 14.2. The van der Waals surface area contributed by atoms with Crippen LogP contribution in [-0.2, 0) is 4.79 Å². The van der Waals surface area contributed by atoms with Gasteiger partial charge in [-0.3, -0.25) is 10.1 Å². The molecule has 0 bridgehead atoms. The zero-order valence-corrected chi connectivity index (χ0v) is 12.1. The first kappa shape index (κ1) is 13.9. The van der Waals surface area contributed by atoms with Crippen molar-refractivity contribution in [3.63, 3.8) is 0 Å². The molecule has 2 fully saturated rings. The lowest BCUT2D eigenvalue weighted by Gasteiger charge is -2.32. The Balaban J connectivity index is 1.87. The van der Waals surface area contributed by atoms with Crippen LogP contribution in [0.15, 0.2) is 0 Å². The number of rotatable bonds is 4. The number of hydrogen-bond acceptors (Lipinski definition) is 2. The third-order valence-corrected chi connectivity index (χ3v) is 4.86. The maximum atomic E-state index is 12.1. The van der Waals surface area contributed by atoms with Crippen LogP contribution in [0.3, 0.4) is 0 Å². The normalized spacial score (nSPS) is 37.3. The first-order valence-corrected chi connectivity index (χ1v) is 7.72. The van der Waals surface area contributed by atoms with Gasteiger partial charge < -0.3 is 4.90 Å². The van der Waals surface area contributed by atoms with E-state index in [1.807, 2.05) is 6.92 Å². The van der Waals surface area contributed by atoms with Crippen molar-refractivity contribution in [3.05, 3.63) is 0 Å². The topological polar surface area (TPSA) is 32.3 Å². The summed E-state index contributed by atoms with van der Waals surface area (Å²) in [6.45, 7) is 7.42. The van der Waals surface area contributed by atoms with Crippen LogP contribution in [0, 0.1) is 11.8 Å². The fraction of sp³-hybridized carbons (Fsp3) is 0.933. The number of nitrogens with one attached hydrogen (secondary N) is 1. The van der Waals surface area contributed by atoms with E-state index in [0.717, 1.165) is 24.8 Å². The van der Waals surface area contributed by atoms with Gasteiger partial charge in [-0.15, -0.1) is 0 Å². The van der Waals surface area contributed by atoms with E-state index in [1.54, 1.807) is 0 Å². The zero-order valence-electron chi connectivity index (χ0n) is 12.1. The Bertz CT molecular complexity index is 284. The molecule has 3 heteroatoms. The van der Waals surface area contributed by atoms with Gasteiger partial charge in [-0.25, -0.2) is 0 Å². The molecule has 18 heavy (non-hydrogen) atoms. The molecule has 1 amide bonds. The lowest BCUT2D eigenvalue weighted by Crippen LogP contribution is -2.40. The van der Waals surface area contributed by atoms with E-state index < -0.39 is 0 Å². The predicted octanol–water partition coefficient (Wildman–Crippen LogP) is 2.76. The Morgan fingerprint density at radius 3 is 2.28 bits per heavy atom. The predicted molar refractivity (Wildman–Crippen MR) is 74.1 cm³/mol. The summed E-state index contributed by atoms with van der Waals surface area (Å²) in [5.41, 5.74) is 0. The van der Waals surface area contributed by atoms with Crippen LogP contribution in [0.25, 0.3) is 0 Å². The summed E-state index contributed by atoms with van der Waals surface area (Å²) in [6.07, 6.45) is 7.97. The summed E-state index contributed by atoms with van der Waals surface area (Å²) >= 11 is 0. The fourth-order valence-corrected chi connectivity index (χ4v) is 3.51. The molecule has 2 unspecified atom stereocenters. The molecule has 0 aromatic heterocycles. The number of nitrogens with zero attached hydrogens (tertiary/aromatic N) is 1. The van der Waals surface area contributed by atoms with Gasteiger partial charge in [0.1, 0.15) is 0 Å². The molecule has 0 radical (unpaired) electrons. The molecule has 0 aromatic rings. The number of amides is 1. The summed E-state index contributed by atoms with van der Waals surface area (Å²) in [6, 6.07) is 0.0157. The van der Waals surface area contributed by atoms with Gasteiger partial charge in [0.15, 0.2) is 0 Å². The van der Waals surface area contributed by atoms with Gasteiger partial charge in [0.2, 0.25) is 5.91 Å². The maximum absolute atomic E-state index is 12.1. The van der Waals surface area contributed by atoms with Crippen LogP contribution < -0.4 is 5.32 Å². The first-order valence-electron chi connectivity index (χ1n) is 7.72. The highest BCUT2D eigenvalue weighted by molar-refractivity contribution is 5.83. The van der Waals surface area contributed by atoms with E-state index in [2.05, 4.69) is 24.1 Å². The molecule has 0 spiro atoms. The molecule has 1 saturated carbocycles. The summed E-state index contributed by atoms with van der Waals surface area (Å²) in [5, 5.41) is 3.39. The SMILES string of the molecule is CCC1CCC(CN2C(=O)C(C)NC2CC)CC1. The average molecular weight is 252 g/mol. The van der Waals surface area contributed by atoms with Gasteiger partial charge in [-0.1, -0.05) is 33.1 Å². The van der Waals surface area contributed by atoms with Gasteiger partial charge in [-0.2, -0.15) is 0 Å². The van der Waals surface area contributed by atoms with Crippen LogP contribution >= 0.6 is 0 Å². The Morgan fingerprint density at radius 2 is 1.72 bits per heavy atom. The van der Waals surface area contributed by atoms with Crippen LogP contribution in [0.5, 0.6) is 0 Å². The summed E-state index contributed by atoms with van der Waals surface area (Å²) < 4.78 is 0. The Hall–Kier alpha value is -0.570.